The van der Waals surface area contributed by atoms with Gasteiger partial charge >= 0.3 is 12.6 Å². The van der Waals surface area contributed by atoms with E-state index >= 15 is 0 Å². The monoisotopic (exact) mass is 388 g/mol. The number of ether oxygens (including phenoxy) is 2. The zero-order valence-corrected chi connectivity index (χ0v) is 14.5. The molecule has 0 saturated heterocycles. The number of likely N-dealkylation sites (N-methyl/N-ethyl adjacent to an activating group) is 1. The highest BCUT2D eigenvalue weighted by Crippen LogP contribution is 2.23. The molecule has 1 N–H and O–H groups in total. The Labute approximate surface area is 153 Å². The number of rotatable bonds is 7. The van der Waals surface area contributed by atoms with Gasteiger partial charge in [0, 0.05) is 23.8 Å². The number of alkyl halides is 2. The van der Waals surface area contributed by atoms with Crippen molar-refractivity contribution in [2.75, 3.05) is 25.5 Å². The highest BCUT2D eigenvalue weighted by molar-refractivity contribution is 6.30. The molecule has 0 aliphatic carbocycles. The van der Waals surface area contributed by atoms with Crippen molar-refractivity contribution in [3.8, 4) is 11.5 Å². The highest BCUT2D eigenvalue weighted by atomic mass is 35.5. The summed E-state index contributed by atoms with van der Waals surface area (Å²) in [6.45, 7) is -2.62. The van der Waals surface area contributed by atoms with Crippen LogP contribution >= 0.6 is 11.6 Å². The first-order valence-electron chi connectivity index (χ1n) is 7.50. The van der Waals surface area contributed by atoms with Crippen molar-refractivity contribution in [2.24, 2.45) is 0 Å². The van der Waals surface area contributed by atoms with Crippen molar-refractivity contribution < 1.29 is 27.4 Å². The largest absolute Gasteiger partial charge is 0.492 e. The fourth-order valence-electron chi connectivity index (χ4n) is 1.92. The number of carbonyl (C=O) groups is 1. The third-order valence-corrected chi connectivity index (χ3v) is 3.51. The van der Waals surface area contributed by atoms with Crippen molar-refractivity contribution >= 4 is 23.3 Å². The number of hydrogen-bond donors (Lipinski definition) is 1. The van der Waals surface area contributed by atoms with E-state index in [9.17, 15) is 18.0 Å². The third kappa shape index (κ3) is 6.03. The summed E-state index contributed by atoms with van der Waals surface area (Å²) in [5.74, 6) is -0.987. The van der Waals surface area contributed by atoms with Crippen LogP contribution in [0.5, 0.6) is 11.5 Å². The minimum Gasteiger partial charge on any atom is -0.492 e. The summed E-state index contributed by atoms with van der Waals surface area (Å²) >= 11 is 5.77. The lowest BCUT2D eigenvalue weighted by atomic mass is 10.3. The molecule has 140 valence electrons. The van der Waals surface area contributed by atoms with Crippen LogP contribution in [-0.2, 0) is 0 Å². The zero-order valence-electron chi connectivity index (χ0n) is 13.7. The molecule has 0 unspecified atom stereocenters. The first-order valence-corrected chi connectivity index (χ1v) is 7.88. The first-order chi connectivity index (χ1) is 12.3. The van der Waals surface area contributed by atoms with E-state index in [4.69, 9.17) is 16.3 Å². The Balaban J connectivity index is 1.82. The van der Waals surface area contributed by atoms with E-state index in [-0.39, 0.29) is 18.8 Å². The SMILES string of the molecule is CN(CCOc1ccc(Cl)cc1)C(=O)Nc1ccc(OC(F)F)c(F)c1. The maximum absolute atomic E-state index is 13.6. The van der Waals surface area contributed by atoms with Crippen LogP contribution in [-0.4, -0.2) is 37.7 Å². The number of benzene rings is 2. The van der Waals surface area contributed by atoms with Gasteiger partial charge in [0.25, 0.3) is 0 Å². The highest BCUT2D eigenvalue weighted by Gasteiger charge is 2.13. The fraction of sp³-hybridized carbons (Fsp3) is 0.235. The van der Waals surface area contributed by atoms with Gasteiger partial charge in [0.05, 0.1) is 6.54 Å². The van der Waals surface area contributed by atoms with Crippen LogP contribution in [0.15, 0.2) is 42.5 Å². The summed E-state index contributed by atoms with van der Waals surface area (Å²) in [5, 5.41) is 3.04. The Bertz CT molecular complexity index is 745. The Kier molecular flexibility index (Phi) is 6.97. The Morgan fingerprint density at radius 2 is 1.92 bits per heavy atom. The van der Waals surface area contributed by atoms with Gasteiger partial charge in [0.2, 0.25) is 0 Å². The molecule has 2 amide bonds. The van der Waals surface area contributed by atoms with Crippen LogP contribution in [0.1, 0.15) is 0 Å². The molecule has 26 heavy (non-hydrogen) atoms. The van der Waals surface area contributed by atoms with E-state index in [0.29, 0.717) is 10.8 Å². The lowest BCUT2D eigenvalue weighted by Crippen LogP contribution is -2.34. The topological polar surface area (TPSA) is 50.8 Å². The van der Waals surface area contributed by atoms with Crippen LogP contribution in [0, 0.1) is 5.82 Å². The van der Waals surface area contributed by atoms with Gasteiger partial charge in [-0.15, -0.1) is 0 Å². The molecule has 9 heteroatoms. The van der Waals surface area contributed by atoms with Gasteiger partial charge in [-0.2, -0.15) is 8.78 Å². The minimum absolute atomic E-state index is 0.111. The molecule has 0 heterocycles. The first kappa shape index (κ1) is 19.7. The van der Waals surface area contributed by atoms with Gasteiger partial charge in [0.15, 0.2) is 11.6 Å². The molecule has 0 aromatic heterocycles. The Morgan fingerprint density at radius 1 is 1.23 bits per heavy atom. The summed E-state index contributed by atoms with van der Waals surface area (Å²) in [7, 11) is 1.53. The van der Waals surface area contributed by atoms with Gasteiger partial charge in [0.1, 0.15) is 12.4 Å². The number of urea groups is 1. The summed E-state index contributed by atoms with van der Waals surface area (Å²) in [6.07, 6.45) is 0. The van der Waals surface area contributed by atoms with Crippen molar-refractivity contribution in [1.29, 1.82) is 0 Å². The number of nitrogens with one attached hydrogen (secondary N) is 1. The zero-order chi connectivity index (χ0) is 19.1. The van der Waals surface area contributed by atoms with E-state index in [1.165, 1.54) is 18.0 Å². The summed E-state index contributed by atoms with van der Waals surface area (Å²) in [6, 6.07) is 9.44. The number of nitrogens with zero attached hydrogens (tertiary/aromatic N) is 1. The van der Waals surface area contributed by atoms with E-state index in [1.54, 1.807) is 24.3 Å². The molecule has 2 aromatic carbocycles. The second-order valence-electron chi connectivity index (χ2n) is 5.18. The molecule has 0 saturated carbocycles. The van der Waals surface area contributed by atoms with Gasteiger partial charge in [-0.05, 0) is 36.4 Å². The van der Waals surface area contributed by atoms with E-state index in [2.05, 4.69) is 10.1 Å². The molecule has 0 aliphatic heterocycles. The van der Waals surface area contributed by atoms with Crippen LogP contribution in [0.3, 0.4) is 0 Å². The van der Waals surface area contributed by atoms with E-state index in [1.807, 2.05) is 0 Å². The van der Waals surface area contributed by atoms with Crippen LogP contribution in [0.2, 0.25) is 5.02 Å². The molecular formula is C17H16ClF3N2O3. The van der Waals surface area contributed by atoms with Gasteiger partial charge in [-0.25, -0.2) is 9.18 Å². The van der Waals surface area contributed by atoms with Crippen molar-refractivity contribution in [3.63, 3.8) is 0 Å². The maximum atomic E-state index is 13.6. The molecule has 0 fully saturated rings. The summed E-state index contributed by atoms with van der Waals surface area (Å²) < 4.78 is 47.3. The Hall–Kier alpha value is -2.61. The molecule has 5 nitrogen and oxygen atoms in total. The maximum Gasteiger partial charge on any atom is 0.387 e. The summed E-state index contributed by atoms with van der Waals surface area (Å²) in [5.41, 5.74) is 0.111. The van der Waals surface area contributed by atoms with Crippen LogP contribution < -0.4 is 14.8 Å². The lowest BCUT2D eigenvalue weighted by Gasteiger charge is -2.18. The average molecular weight is 389 g/mol. The quantitative estimate of drug-likeness (QED) is 0.752. The van der Waals surface area contributed by atoms with E-state index < -0.39 is 24.2 Å². The molecule has 0 spiro atoms. The third-order valence-electron chi connectivity index (χ3n) is 3.25. The number of halogens is 4. The average Bonchev–Trinajstić information content (AvgIpc) is 2.58. The second kappa shape index (κ2) is 9.19. The number of anilines is 1. The molecule has 2 rings (SSSR count). The summed E-state index contributed by atoms with van der Waals surface area (Å²) in [4.78, 5) is 13.4. The van der Waals surface area contributed by atoms with Crippen molar-refractivity contribution in [3.05, 3.63) is 53.3 Å². The van der Waals surface area contributed by atoms with Gasteiger partial charge in [-0.3, -0.25) is 0 Å². The fourth-order valence-corrected chi connectivity index (χ4v) is 2.05. The lowest BCUT2D eigenvalue weighted by molar-refractivity contribution is -0.0521. The molecule has 0 radical (unpaired) electrons. The van der Waals surface area contributed by atoms with Crippen LogP contribution in [0.25, 0.3) is 0 Å². The normalized spacial score (nSPS) is 10.5. The predicted octanol–water partition coefficient (Wildman–Crippen LogP) is 4.62. The minimum atomic E-state index is -3.13. The van der Waals surface area contributed by atoms with E-state index in [0.717, 1.165) is 12.1 Å². The number of hydrogen-bond acceptors (Lipinski definition) is 3. The van der Waals surface area contributed by atoms with Gasteiger partial charge in [-0.1, -0.05) is 11.6 Å². The van der Waals surface area contributed by atoms with Crippen LogP contribution in [0.4, 0.5) is 23.7 Å². The molecule has 2 aromatic rings. The van der Waals surface area contributed by atoms with Crippen molar-refractivity contribution in [1.82, 2.24) is 4.90 Å². The standard InChI is InChI=1S/C17H16ClF3N2O3/c1-23(8-9-25-13-5-2-11(18)3-6-13)17(24)22-12-4-7-15(14(19)10-12)26-16(20)21/h2-7,10,16H,8-9H2,1H3,(H,22,24). The molecule has 0 atom stereocenters. The number of amides is 2. The smallest absolute Gasteiger partial charge is 0.387 e. The Morgan fingerprint density at radius 3 is 2.54 bits per heavy atom. The predicted molar refractivity (Wildman–Crippen MR) is 91.6 cm³/mol. The van der Waals surface area contributed by atoms with Gasteiger partial charge < -0.3 is 19.7 Å². The van der Waals surface area contributed by atoms with Crippen molar-refractivity contribution in [2.45, 2.75) is 6.61 Å². The second-order valence-corrected chi connectivity index (χ2v) is 5.61. The molecule has 0 bridgehead atoms. The molecular weight excluding hydrogens is 373 g/mol. The molecule has 0 aliphatic rings. The number of carbonyl (C=O) groups excluding carboxylic acids is 1.